The first kappa shape index (κ1) is 18.0. The molecule has 22 heavy (non-hydrogen) atoms. The van der Waals surface area contributed by atoms with Crippen LogP contribution in [0.25, 0.3) is 0 Å². The van der Waals surface area contributed by atoms with Crippen LogP contribution in [0.15, 0.2) is 30.3 Å². The molecular weight excluding hydrogens is 286 g/mol. The van der Waals surface area contributed by atoms with E-state index in [0.29, 0.717) is 5.56 Å². The second-order valence-corrected chi connectivity index (χ2v) is 5.88. The molecule has 1 aromatic carbocycles. The average molecular weight is 309 g/mol. The van der Waals surface area contributed by atoms with Crippen LogP contribution in [0.1, 0.15) is 38.8 Å². The maximum Gasteiger partial charge on any atom is 0.408 e. The summed E-state index contributed by atoms with van der Waals surface area (Å²) in [7, 11) is 1.24. The van der Waals surface area contributed by atoms with Crippen LogP contribution in [0.4, 0.5) is 4.79 Å². The van der Waals surface area contributed by atoms with E-state index in [0.717, 1.165) is 0 Å². The first-order valence-electron chi connectivity index (χ1n) is 7.02. The summed E-state index contributed by atoms with van der Waals surface area (Å²) in [5.74, 6) is -0.556. The number of hydrogen-bond donors (Lipinski definition) is 2. The Bertz CT molecular complexity index is 495. The number of benzene rings is 1. The van der Waals surface area contributed by atoms with Crippen molar-refractivity contribution in [3.8, 4) is 0 Å². The molecule has 122 valence electrons. The molecule has 0 bridgehead atoms. The molecule has 1 rings (SSSR count). The molecule has 0 heterocycles. The van der Waals surface area contributed by atoms with Gasteiger partial charge in [0.15, 0.2) is 0 Å². The van der Waals surface area contributed by atoms with Crippen molar-refractivity contribution in [1.29, 1.82) is 0 Å². The minimum absolute atomic E-state index is 0.230. The number of methoxy groups -OCH3 is 1. The normalized spacial score (nSPS) is 13.9. The summed E-state index contributed by atoms with van der Waals surface area (Å²) in [6, 6.07) is 8.12. The van der Waals surface area contributed by atoms with Crippen LogP contribution in [0, 0.1) is 0 Å². The molecule has 0 spiro atoms. The van der Waals surface area contributed by atoms with Crippen LogP contribution in [0.3, 0.4) is 0 Å². The fraction of sp³-hybridized carbons (Fsp3) is 0.500. The van der Waals surface area contributed by atoms with Gasteiger partial charge in [0.2, 0.25) is 0 Å². The van der Waals surface area contributed by atoms with E-state index >= 15 is 0 Å². The van der Waals surface area contributed by atoms with E-state index in [1.807, 2.05) is 6.07 Å². The lowest BCUT2D eigenvalue weighted by atomic mass is 9.99. The van der Waals surface area contributed by atoms with E-state index < -0.39 is 29.8 Å². The molecule has 0 radical (unpaired) electrons. The number of ether oxygens (including phenoxy) is 2. The Morgan fingerprint density at radius 2 is 1.82 bits per heavy atom. The highest BCUT2D eigenvalue weighted by Crippen LogP contribution is 2.20. The number of esters is 1. The zero-order valence-corrected chi connectivity index (χ0v) is 13.3. The highest BCUT2D eigenvalue weighted by molar-refractivity contribution is 5.71. The zero-order valence-electron chi connectivity index (χ0n) is 13.3. The number of hydrogen-bond acceptors (Lipinski definition) is 5. The van der Waals surface area contributed by atoms with Crippen molar-refractivity contribution in [3.63, 3.8) is 0 Å². The molecule has 0 saturated heterocycles. The molecular formula is C16H23NO5. The Morgan fingerprint density at radius 3 is 2.32 bits per heavy atom. The van der Waals surface area contributed by atoms with E-state index in [1.54, 1.807) is 45.0 Å². The molecule has 2 atom stereocenters. The zero-order chi connectivity index (χ0) is 16.8. The van der Waals surface area contributed by atoms with Crippen molar-refractivity contribution in [1.82, 2.24) is 5.32 Å². The molecule has 0 unspecified atom stereocenters. The van der Waals surface area contributed by atoms with Crippen molar-refractivity contribution in [3.05, 3.63) is 35.9 Å². The smallest absolute Gasteiger partial charge is 0.408 e. The standard InChI is InChI=1S/C16H23NO5/c1-16(2,3)22-15(20)17-14(11-8-6-5-7-9-11)12(18)10-13(19)21-4/h5-9,12,14,18H,10H2,1-4H3,(H,17,20)/t12-,14-/m0/s1. The molecule has 6 heteroatoms. The van der Waals surface area contributed by atoms with Crippen molar-refractivity contribution in [2.75, 3.05) is 7.11 Å². The Labute approximate surface area is 130 Å². The Balaban J connectivity index is 2.88. The third kappa shape index (κ3) is 6.13. The summed E-state index contributed by atoms with van der Waals surface area (Å²) >= 11 is 0. The van der Waals surface area contributed by atoms with Gasteiger partial charge in [0, 0.05) is 0 Å². The van der Waals surface area contributed by atoms with E-state index in [9.17, 15) is 14.7 Å². The third-order valence-corrected chi connectivity index (χ3v) is 2.82. The molecule has 0 fully saturated rings. The fourth-order valence-corrected chi connectivity index (χ4v) is 1.87. The van der Waals surface area contributed by atoms with Gasteiger partial charge in [-0.1, -0.05) is 30.3 Å². The van der Waals surface area contributed by atoms with Gasteiger partial charge in [-0.05, 0) is 26.3 Å². The number of aliphatic hydroxyl groups is 1. The van der Waals surface area contributed by atoms with Gasteiger partial charge in [0.05, 0.1) is 25.7 Å². The molecule has 0 aliphatic carbocycles. The SMILES string of the molecule is COC(=O)C[C@H](O)[C@@H](NC(=O)OC(C)(C)C)c1ccccc1. The second kappa shape index (κ2) is 7.79. The van der Waals surface area contributed by atoms with Crippen molar-refractivity contribution >= 4 is 12.1 Å². The van der Waals surface area contributed by atoms with E-state index in [2.05, 4.69) is 10.1 Å². The third-order valence-electron chi connectivity index (χ3n) is 2.82. The van der Waals surface area contributed by atoms with Crippen LogP contribution in [-0.2, 0) is 14.3 Å². The maximum atomic E-state index is 11.9. The second-order valence-electron chi connectivity index (χ2n) is 5.88. The molecule has 0 aliphatic rings. The van der Waals surface area contributed by atoms with Gasteiger partial charge in [0.1, 0.15) is 5.60 Å². The molecule has 1 aromatic rings. The highest BCUT2D eigenvalue weighted by atomic mass is 16.6. The lowest BCUT2D eigenvalue weighted by Gasteiger charge is -2.26. The van der Waals surface area contributed by atoms with Crippen molar-refractivity contribution in [2.45, 2.75) is 44.9 Å². The molecule has 0 aliphatic heterocycles. The number of amides is 1. The summed E-state index contributed by atoms with van der Waals surface area (Å²) in [5.41, 5.74) is 0.0169. The first-order valence-corrected chi connectivity index (χ1v) is 7.02. The lowest BCUT2D eigenvalue weighted by molar-refractivity contribution is -0.143. The quantitative estimate of drug-likeness (QED) is 0.814. The predicted octanol–water partition coefficient (Wildman–Crippen LogP) is 2.18. The van der Waals surface area contributed by atoms with Crippen molar-refractivity contribution < 1.29 is 24.2 Å². The number of nitrogens with one attached hydrogen (secondary N) is 1. The molecule has 6 nitrogen and oxygen atoms in total. The van der Waals surface area contributed by atoms with Gasteiger partial charge < -0.3 is 19.9 Å². The monoisotopic (exact) mass is 309 g/mol. The molecule has 2 N–H and O–H groups in total. The molecule has 1 amide bonds. The number of rotatable bonds is 5. The summed E-state index contributed by atoms with van der Waals surface area (Å²) in [5, 5.41) is 12.8. The summed E-state index contributed by atoms with van der Waals surface area (Å²) < 4.78 is 9.74. The fourth-order valence-electron chi connectivity index (χ4n) is 1.87. The lowest BCUT2D eigenvalue weighted by Crippen LogP contribution is -2.40. The van der Waals surface area contributed by atoms with Gasteiger partial charge in [0.25, 0.3) is 0 Å². The van der Waals surface area contributed by atoms with Crippen LogP contribution in [0.5, 0.6) is 0 Å². The van der Waals surface area contributed by atoms with Crippen LogP contribution in [-0.4, -0.2) is 36.0 Å². The van der Waals surface area contributed by atoms with Gasteiger partial charge in [-0.25, -0.2) is 4.79 Å². The number of aliphatic hydroxyl groups excluding tert-OH is 1. The van der Waals surface area contributed by atoms with E-state index in [4.69, 9.17) is 4.74 Å². The minimum Gasteiger partial charge on any atom is -0.469 e. The summed E-state index contributed by atoms with van der Waals surface area (Å²) in [4.78, 5) is 23.3. The average Bonchev–Trinajstić information content (AvgIpc) is 2.43. The van der Waals surface area contributed by atoms with Gasteiger partial charge in [-0.3, -0.25) is 4.79 Å². The first-order chi connectivity index (χ1) is 10.2. The van der Waals surface area contributed by atoms with Crippen LogP contribution < -0.4 is 5.32 Å². The number of carbonyl (C=O) groups is 2. The van der Waals surface area contributed by atoms with Crippen LogP contribution >= 0.6 is 0 Å². The largest absolute Gasteiger partial charge is 0.469 e. The molecule has 0 aromatic heterocycles. The van der Waals surface area contributed by atoms with Gasteiger partial charge in [-0.15, -0.1) is 0 Å². The van der Waals surface area contributed by atoms with Crippen LogP contribution in [0.2, 0.25) is 0 Å². The van der Waals surface area contributed by atoms with Crippen molar-refractivity contribution in [2.24, 2.45) is 0 Å². The number of alkyl carbamates (subject to hydrolysis) is 1. The number of carbonyl (C=O) groups excluding carboxylic acids is 2. The Hall–Kier alpha value is -2.08. The Morgan fingerprint density at radius 1 is 1.23 bits per heavy atom. The predicted molar refractivity (Wildman–Crippen MR) is 81.2 cm³/mol. The summed E-state index contributed by atoms with van der Waals surface area (Å²) in [6.45, 7) is 5.24. The van der Waals surface area contributed by atoms with E-state index in [1.165, 1.54) is 7.11 Å². The van der Waals surface area contributed by atoms with E-state index in [-0.39, 0.29) is 6.42 Å². The van der Waals surface area contributed by atoms with Gasteiger partial charge >= 0.3 is 12.1 Å². The Kier molecular flexibility index (Phi) is 6.37. The topological polar surface area (TPSA) is 84.9 Å². The molecule has 0 saturated carbocycles. The highest BCUT2D eigenvalue weighted by Gasteiger charge is 2.27. The maximum absolute atomic E-state index is 11.9. The summed E-state index contributed by atoms with van der Waals surface area (Å²) in [6.07, 6.45) is -2.01. The minimum atomic E-state index is -1.12. The van der Waals surface area contributed by atoms with Gasteiger partial charge in [-0.2, -0.15) is 0 Å².